The van der Waals surface area contributed by atoms with E-state index in [2.05, 4.69) is 0 Å². The van der Waals surface area contributed by atoms with Gasteiger partial charge in [-0.15, -0.1) is 11.3 Å². The largest absolute Gasteiger partial charge is 0.490 e. The molecule has 0 aliphatic heterocycles. The standard InChI is InChI=1S/C17H20O3S/c1-5-19-15-8-7-13(10-16(15)20-6-2)17(18)14-9-11(3)21-12(14)4/h7-10H,5-6H2,1-4H3. The molecule has 1 aromatic carbocycles. The summed E-state index contributed by atoms with van der Waals surface area (Å²) in [6.45, 7) is 8.93. The molecule has 0 saturated carbocycles. The molecule has 0 amide bonds. The molecule has 0 aliphatic rings. The van der Waals surface area contributed by atoms with Crippen molar-refractivity contribution in [2.45, 2.75) is 27.7 Å². The zero-order valence-corrected chi connectivity index (χ0v) is 13.7. The van der Waals surface area contributed by atoms with E-state index in [0.29, 0.717) is 30.3 Å². The van der Waals surface area contributed by atoms with E-state index in [1.807, 2.05) is 33.8 Å². The molecule has 0 N–H and O–H groups in total. The highest BCUT2D eigenvalue weighted by Crippen LogP contribution is 2.31. The monoisotopic (exact) mass is 304 g/mol. The Labute approximate surface area is 129 Å². The van der Waals surface area contributed by atoms with Gasteiger partial charge in [-0.05, 0) is 52.0 Å². The number of thiophene rings is 1. The van der Waals surface area contributed by atoms with Gasteiger partial charge in [0.05, 0.1) is 13.2 Å². The van der Waals surface area contributed by atoms with E-state index in [1.165, 1.54) is 0 Å². The summed E-state index contributed by atoms with van der Waals surface area (Å²) in [5.41, 5.74) is 1.40. The Morgan fingerprint density at radius 1 is 1.05 bits per heavy atom. The second-order valence-electron chi connectivity index (χ2n) is 4.68. The molecule has 2 rings (SSSR count). The van der Waals surface area contributed by atoms with E-state index >= 15 is 0 Å². The molecule has 4 heteroatoms. The van der Waals surface area contributed by atoms with Gasteiger partial charge in [-0.2, -0.15) is 0 Å². The van der Waals surface area contributed by atoms with Crippen LogP contribution in [0.25, 0.3) is 0 Å². The minimum absolute atomic E-state index is 0.0286. The Morgan fingerprint density at radius 2 is 1.71 bits per heavy atom. The zero-order chi connectivity index (χ0) is 15.4. The number of ether oxygens (including phenoxy) is 2. The number of benzene rings is 1. The summed E-state index contributed by atoms with van der Waals surface area (Å²) in [6.07, 6.45) is 0. The van der Waals surface area contributed by atoms with Crippen LogP contribution in [-0.4, -0.2) is 19.0 Å². The van der Waals surface area contributed by atoms with Crippen LogP contribution in [0.4, 0.5) is 0 Å². The fraction of sp³-hybridized carbons (Fsp3) is 0.353. The van der Waals surface area contributed by atoms with Crippen molar-refractivity contribution in [3.63, 3.8) is 0 Å². The van der Waals surface area contributed by atoms with Crippen LogP contribution < -0.4 is 9.47 Å². The van der Waals surface area contributed by atoms with E-state index < -0.39 is 0 Å². The van der Waals surface area contributed by atoms with Crippen molar-refractivity contribution < 1.29 is 14.3 Å². The van der Waals surface area contributed by atoms with Gasteiger partial charge in [0.25, 0.3) is 0 Å². The Balaban J connectivity index is 2.37. The lowest BCUT2D eigenvalue weighted by Gasteiger charge is -2.12. The van der Waals surface area contributed by atoms with Crippen LogP contribution in [0.3, 0.4) is 0 Å². The fourth-order valence-electron chi connectivity index (χ4n) is 2.20. The molecular weight excluding hydrogens is 284 g/mol. The first-order chi connectivity index (χ1) is 10.1. The van der Waals surface area contributed by atoms with Gasteiger partial charge in [-0.3, -0.25) is 4.79 Å². The normalized spacial score (nSPS) is 10.5. The van der Waals surface area contributed by atoms with Gasteiger partial charge in [0.2, 0.25) is 0 Å². The molecule has 0 bridgehead atoms. The third-order valence-corrected chi connectivity index (χ3v) is 4.06. The number of rotatable bonds is 6. The maximum Gasteiger partial charge on any atom is 0.194 e. The molecule has 1 heterocycles. The van der Waals surface area contributed by atoms with E-state index in [9.17, 15) is 4.79 Å². The van der Waals surface area contributed by atoms with Crippen molar-refractivity contribution >= 4 is 17.1 Å². The number of carbonyl (C=O) groups excluding carboxylic acids is 1. The minimum atomic E-state index is 0.0286. The maximum atomic E-state index is 12.6. The van der Waals surface area contributed by atoms with Crippen LogP contribution in [0.2, 0.25) is 0 Å². The molecule has 112 valence electrons. The average Bonchev–Trinajstić information content (AvgIpc) is 2.79. The summed E-state index contributed by atoms with van der Waals surface area (Å²) < 4.78 is 11.1. The molecule has 0 fully saturated rings. The zero-order valence-electron chi connectivity index (χ0n) is 12.9. The lowest BCUT2D eigenvalue weighted by molar-refractivity contribution is 0.103. The average molecular weight is 304 g/mol. The summed E-state index contributed by atoms with van der Waals surface area (Å²) in [6, 6.07) is 7.31. The Kier molecular flexibility index (Phi) is 5.02. The highest BCUT2D eigenvalue weighted by molar-refractivity contribution is 7.12. The molecule has 3 nitrogen and oxygen atoms in total. The van der Waals surface area contributed by atoms with Crippen LogP contribution in [-0.2, 0) is 0 Å². The third-order valence-electron chi connectivity index (χ3n) is 3.09. The predicted octanol–water partition coefficient (Wildman–Crippen LogP) is 4.39. The SMILES string of the molecule is CCOc1ccc(C(=O)c2cc(C)sc2C)cc1OCC. The van der Waals surface area contributed by atoms with Crippen molar-refractivity contribution in [1.82, 2.24) is 0 Å². The molecule has 0 atom stereocenters. The highest BCUT2D eigenvalue weighted by Gasteiger charge is 2.16. The second kappa shape index (κ2) is 6.76. The first kappa shape index (κ1) is 15.6. The molecule has 0 unspecified atom stereocenters. The Hall–Kier alpha value is -1.81. The first-order valence-corrected chi connectivity index (χ1v) is 7.89. The van der Waals surface area contributed by atoms with Crippen molar-refractivity contribution in [3.05, 3.63) is 45.1 Å². The number of hydrogen-bond acceptors (Lipinski definition) is 4. The summed E-state index contributed by atoms with van der Waals surface area (Å²) in [5.74, 6) is 1.32. The maximum absolute atomic E-state index is 12.6. The molecule has 0 radical (unpaired) electrons. The van der Waals surface area contributed by atoms with E-state index in [4.69, 9.17) is 9.47 Å². The molecular formula is C17H20O3S. The van der Waals surface area contributed by atoms with Crippen LogP contribution in [0.1, 0.15) is 39.5 Å². The molecule has 21 heavy (non-hydrogen) atoms. The molecule has 1 aromatic heterocycles. The van der Waals surface area contributed by atoms with Crippen molar-refractivity contribution in [2.24, 2.45) is 0 Å². The van der Waals surface area contributed by atoms with E-state index in [0.717, 1.165) is 15.3 Å². The molecule has 0 spiro atoms. The Morgan fingerprint density at radius 3 is 2.29 bits per heavy atom. The second-order valence-corrected chi connectivity index (χ2v) is 6.14. The summed E-state index contributed by atoms with van der Waals surface area (Å²) in [5, 5.41) is 0. The van der Waals surface area contributed by atoms with Gasteiger partial charge in [0.15, 0.2) is 17.3 Å². The minimum Gasteiger partial charge on any atom is -0.490 e. The van der Waals surface area contributed by atoms with Gasteiger partial charge >= 0.3 is 0 Å². The lowest BCUT2D eigenvalue weighted by atomic mass is 10.0. The number of hydrogen-bond donors (Lipinski definition) is 0. The van der Waals surface area contributed by atoms with E-state index in [-0.39, 0.29) is 5.78 Å². The van der Waals surface area contributed by atoms with Gasteiger partial charge in [0.1, 0.15) is 0 Å². The Bertz CT molecular complexity index is 643. The third kappa shape index (κ3) is 3.45. The molecule has 2 aromatic rings. The van der Waals surface area contributed by atoms with Crippen molar-refractivity contribution in [1.29, 1.82) is 0 Å². The van der Waals surface area contributed by atoms with Crippen LogP contribution in [0.5, 0.6) is 11.5 Å². The summed E-state index contributed by atoms with van der Waals surface area (Å²) in [4.78, 5) is 14.8. The van der Waals surface area contributed by atoms with Gasteiger partial charge in [-0.25, -0.2) is 0 Å². The van der Waals surface area contributed by atoms with Crippen molar-refractivity contribution in [2.75, 3.05) is 13.2 Å². The van der Waals surface area contributed by atoms with Crippen LogP contribution in [0, 0.1) is 13.8 Å². The lowest BCUT2D eigenvalue weighted by Crippen LogP contribution is -2.04. The van der Waals surface area contributed by atoms with Crippen LogP contribution in [0.15, 0.2) is 24.3 Å². The quantitative estimate of drug-likeness (QED) is 0.742. The highest BCUT2D eigenvalue weighted by atomic mass is 32.1. The fourth-order valence-corrected chi connectivity index (χ4v) is 3.13. The van der Waals surface area contributed by atoms with Crippen molar-refractivity contribution in [3.8, 4) is 11.5 Å². The summed E-state index contributed by atoms with van der Waals surface area (Å²) >= 11 is 1.64. The van der Waals surface area contributed by atoms with E-state index in [1.54, 1.807) is 29.5 Å². The number of ketones is 1. The molecule has 0 aliphatic carbocycles. The number of carbonyl (C=O) groups is 1. The van der Waals surface area contributed by atoms with Gasteiger partial charge in [-0.1, -0.05) is 0 Å². The predicted molar refractivity (Wildman–Crippen MR) is 86.0 cm³/mol. The topological polar surface area (TPSA) is 35.5 Å². The summed E-state index contributed by atoms with van der Waals surface area (Å²) in [7, 11) is 0. The van der Waals surface area contributed by atoms with Gasteiger partial charge < -0.3 is 9.47 Å². The smallest absolute Gasteiger partial charge is 0.194 e. The first-order valence-electron chi connectivity index (χ1n) is 7.08. The number of aryl methyl sites for hydroxylation is 2. The van der Waals surface area contributed by atoms with Crippen LogP contribution >= 0.6 is 11.3 Å². The molecule has 0 saturated heterocycles. The van der Waals surface area contributed by atoms with Gasteiger partial charge in [0, 0.05) is 20.9 Å².